The van der Waals surface area contributed by atoms with E-state index in [2.05, 4.69) is 15.9 Å². The summed E-state index contributed by atoms with van der Waals surface area (Å²) < 4.78 is 37.8. The Bertz CT molecular complexity index is 473. The molecule has 0 aliphatic heterocycles. The molecular weight excluding hydrogens is 307 g/mol. The van der Waals surface area contributed by atoms with Gasteiger partial charge in [0.15, 0.2) is 0 Å². The van der Waals surface area contributed by atoms with Crippen LogP contribution in [0.25, 0.3) is 0 Å². The van der Waals surface area contributed by atoms with Crippen molar-refractivity contribution in [3.63, 3.8) is 0 Å². The first kappa shape index (κ1) is 13.5. The highest BCUT2D eigenvalue weighted by atomic mass is 79.9. The number of hydrogen-bond donors (Lipinski definition) is 2. The lowest BCUT2D eigenvalue weighted by Crippen LogP contribution is -2.23. The fourth-order valence-corrected chi connectivity index (χ4v) is 1.40. The molecule has 0 spiro atoms. The zero-order chi connectivity index (χ0) is 13.2. The second-order valence-corrected chi connectivity index (χ2v) is 3.86. The average molecular weight is 312 g/mol. The van der Waals surface area contributed by atoms with Crippen LogP contribution in [0, 0.1) is 0 Å². The normalized spacial score (nSPS) is 11.1. The maximum absolute atomic E-state index is 12.6. The van der Waals surface area contributed by atoms with Gasteiger partial charge in [0.2, 0.25) is 0 Å². The van der Waals surface area contributed by atoms with Crippen molar-refractivity contribution in [2.45, 2.75) is 6.18 Å². The molecule has 0 saturated carbocycles. The smallest absolute Gasteiger partial charge is 0.418 e. The minimum atomic E-state index is -4.69. The number of anilines is 1. The van der Waals surface area contributed by atoms with Crippen LogP contribution in [0.3, 0.4) is 0 Å². The number of carboxylic acid groups (broad SMARTS) is 1. The minimum absolute atomic E-state index is 0.165. The maximum Gasteiger partial charge on any atom is 0.418 e. The number of aliphatic carboxylic acids is 1. The van der Waals surface area contributed by atoms with Crippen LogP contribution >= 0.6 is 15.9 Å². The number of nitrogens with one attached hydrogen (secondary N) is 1. The van der Waals surface area contributed by atoms with Gasteiger partial charge in [-0.05, 0) is 18.2 Å². The molecule has 1 aromatic rings. The van der Waals surface area contributed by atoms with E-state index in [-0.39, 0.29) is 4.47 Å². The van der Waals surface area contributed by atoms with Crippen molar-refractivity contribution in [2.75, 3.05) is 5.32 Å². The lowest BCUT2D eigenvalue weighted by atomic mass is 10.1. The molecule has 92 valence electrons. The monoisotopic (exact) mass is 311 g/mol. The SMILES string of the molecule is O=C(O)C(=O)Nc1ccc(Br)cc1C(F)(F)F. The van der Waals surface area contributed by atoms with Crippen LogP contribution < -0.4 is 5.32 Å². The highest BCUT2D eigenvalue weighted by Crippen LogP contribution is 2.36. The van der Waals surface area contributed by atoms with Crippen LogP contribution in [0.5, 0.6) is 0 Å². The Morgan fingerprint density at radius 1 is 1.29 bits per heavy atom. The first-order valence-corrected chi connectivity index (χ1v) is 4.92. The third kappa shape index (κ3) is 3.45. The van der Waals surface area contributed by atoms with Gasteiger partial charge in [0.05, 0.1) is 11.3 Å². The Labute approximate surface area is 102 Å². The van der Waals surface area contributed by atoms with Gasteiger partial charge in [0.25, 0.3) is 0 Å². The second-order valence-electron chi connectivity index (χ2n) is 2.95. The van der Waals surface area contributed by atoms with Crippen molar-refractivity contribution >= 4 is 33.5 Å². The van der Waals surface area contributed by atoms with Crippen LogP contribution in [0.2, 0.25) is 0 Å². The molecule has 0 bridgehead atoms. The molecule has 0 aromatic heterocycles. The number of carboxylic acids is 1. The van der Waals surface area contributed by atoms with Gasteiger partial charge in [-0.3, -0.25) is 4.79 Å². The second kappa shape index (κ2) is 4.74. The number of carbonyl (C=O) groups excluding carboxylic acids is 1. The summed E-state index contributed by atoms with van der Waals surface area (Å²) in [4.78, 5) is 21.0. The highest BCUT2D eigenvalue weighted by Gasteiger charge is 2.34. The molecule has 0 heterocycles. The van der Waals surface area contributed by atoms with E-state index in [9.17, 15) is 22.8 Å². The van der Waals surface area contributed by atoms with Gasteiger partial charge in [0, 0.05) is 4.47 Å². The molecule has 4 nitrogen and oxygen atoms in total. The molecule has 1 amide bonds. The molecule has 0 fully saturated rings. The molecule has 0 atom stereocenters. The van der Waals surface area contributed by atoms with Gasteiger partial charge in [-0.25, -0.2) is 4.79 Å². The van der Waals surface area contributed by atoms with Crippen molar-refractivity contribution in [3.05, 3.63) is 28.2 Å². The number of hydrogen-bond acceptors (Lipinski definition) is 2. The molecule has 17 heavy (non-hydrogen) atoms. The predicted molar refractivity (Wildman–Crippen MR) is 55.4 cm³/mol. The van der Waals surface area contributed by atoms with Crippen LogP contribution in [0.15, 0.2) is 22.7 Å². The Hall–Kier alpha value is -1.57. The van der Waals surface area contributed by atoms with Crippen molar-refractivity contribution in [3.8, 4) is 0 Å². The Morgan fingerprint density at radius 2 is 1.88 bits per heavy atom. The molecule has 1 rings (SSSR count). The number of rotatable bonds is 1. The van der Waals surface area contributed by atoms with E-state index >= 15 is 0 Å². The Morgan fingerprint density at radius 3 is 2.35 bits per heavy atom. The Balaban J connectivity index is 3.16. The first-order chi connectivity index (χ1) is 7.71. The summed E-state index contributed by atoms with van der Waals surface area (Å²) >= 11 is 2.85. The van der Waals surface area contributed by atoms with E-state index in [1.807, 2.05) is 0 Å². The molecule has 8 heteroatoms. The number of alkyl halides is 3. The molecule has 0 aliphatic carbocycles. The van der Waals surface area contributed by atoms with Crippen molar-refractivity contribution < 1.29 is 27.9 Å². The van der Waals surface area contributed by atoms with Crippen LogP contribution in [0.4, 0.5) is 18.9 Å². The van der Waals surface area contributed by atoms with Gasteiger partial charge in [-0.1, -0.05) is 15.9 Å². The van der Waals surface area contributed by atoms with Gasteiger partial charge in [-0.2, -0.15) is 13.2 Å². The predicted octanol–water partition coefficient (Wildman–Crippen LogP) is 2.49. The molecule has 0 radical (unpaired) electrons. The highest BCUT2D eigenvalue weighted by molar-refractivity contribution is 9.10. The molecule has 0 aliphatic rings. The third-order valence-electron chi connectivity index (χ3n) is 1.73. The number of amides is 1. The molecule has 2 N–H and O–H groups in total. The van der Waals surface area contributed by atoms with E-state index in [4.69, 9.17) is 5.11 Å². The third-order valence-corrected chi connectivity index (χ3v) is 2.22. The maximum atomic E-state index is 12.6. The van der Waals surface area contributed by atoms with E-state index in [1.165, 1.54) is 6.07 Å². The van der Waals surface area contributed by atoms with Crippen molar-refractivity contribution in [2.24, 2.45) is 0 Å². The van der Waals surface area contributed by atoms with Crippen LogP contribution in [0.1, 0.15) is 5.56 Å². The first-order valence-electron chi connectivity index (χ1n) is 4.13. The lowest BCUT2D eigenvalue weighted by Gasteiger charge is -2.13. The lowest BCUT2D eigenvalue weighted by molar-refractivity contribution is -0.147. The fraction of sp³-hybridized carbons (Fsp3) is 0.111. The van der Waals surface area contributed by atoms with Gasteiger partial charge in [0.1, 0.15) is 0 Å². The summed E-state index contributed by atoms with van der Waals surface area (Å²) in [5.41, 5.74) is -1.73. The number of benzene rings is 1. The van der Waals surface area contributed by atoms with Gasteiger partial charge in [-0.15, -0.1) is 0 Å². The average Bonchev–Trinajstić information content (AvgIpc) is 2.18. The molecular formula is C9H5BrF3NO3. The standard InChI is InChI=1S/C9H5BrF3NO3/c10-4-1-2-6(14-7(15)8(16)17)5(3-4)9(11,12)13/h1-3H,(H,14,15)(H,16,17). The van der Waals surface area contributed by atoms with E-state index < -0.39 is 29.3 Å². The summed E-state index contributed by atoms with van der Waals surface area (Å²) in [6.07, 6.45) is -4.69. The van der Waals surface area contributed by atoms with E-state index in [1.54, 1.807) is 5.32 Å². The Kier molecular flexibility index (Phi) is 3.76. The van der Waals surface area contributed by atoms with Gasteiger partial charge < -0.3 is 10.4 Å². The largest absolute Gasteiger partial charge is 0.474 e. The summed E-state index contributed by atoms with van der Waals surface area (Å²) in [6.45, 7) is 0. The zero-order valence-electron chi connectivity index (χ0n) is 8.01. The fourth-order valence-electron chi connectivity index (χ4n) is 1.04. The molecule has 0 saturated heterocycles. The van der Waals surface area contributed by atoms with E-state index in [0.717, 1.165) is 12.1 Å². The molecule has 1 aromatic carbocycles. The summed E-state index contributed by atoms with van der Waals surface area (Å²) in [6, 6.07) is 2.97. The van der Waals surface area contributed by atoms with Crippen LogP contribution in [-0.4, -0.2) is 17.0 Å². The van der Waals surface area contributed by atoms with E-state index in [0.29, 0.717) is 0 Å². The minimum Gasteiger partial charge on any atom is -0.474 e. The van der Waals surface area contributed by atoms with Crippen molar-refractivity contribution in [1.82, 2.24) is 0 Å². The summed E-state index contributed by atoms with van der Waals surface area (Å²) in [5.74, 6) is -3.39. The summed E-state index contributed by atoms with van der Waals surface area (Å²) in [7, 11) is 0. The number of carbonyl (C=O) groups is 2. The van der Waals surface area contributed by atoms with Crippen molar-refractivity contribution in [1.29, 1.82) is 0 Å². The zero-order valence-corrected chi connectivity index (χ0v) is 9.59. The number of halogens is 4. The summed E-state index contributed by atoms with van der Waals surface area (Å²) in [5, 5.41) is 9.95. The quantitative estimate of drug-likeness (QED) is 0.783. The van der Waals surface area contributed by atoms with Crippen LogP contribution in [-0.2, 0) is 15.8 Å². The topological polar surface area (TPSA) is 66.4 Å². The molecule has 0 unspecified atom stereocenters. The van der Waals surface area contributed by atoms with Gasteiger partial charge >= 0.3 is 18.1 Å².